The lowest BCUT2D eigenvalue weighted by Gasteiger charge is -2.42. The third-order valence-electron chi connectivity index (χ3n) is 2.70. The first kappa shape index (κ1) is 10.8. The number of hydrogen-bond acceptors (Lipinski definition) is 3. The highest BCUT2D eigenvalue weighted by atomic mass is 19.4. The zero-order valence-corrected chi connectivity index (χ0v) is 11.3. The molecule has 1 amide bonds. The van der Waals surface area contributed by atoms with Gasteiger partial charge in [-0.25, -0.2) is 4.79 Å². The Hall–Kier alpha value is -0.980. The summed E-state index contributed by atoms with van der Waals surface area (Å²) in [5, 5.41) is 0. The number of halogens is 3. The molecule has 112 valence electrons. The number of rotatable bonds is 1. The Morgan fingerprint density at radius 2 is 1.95 bits per heavy atom. The smallest absolute Gasteiger partial charge is 0.425 e. The van der Waals surface area contributed by atoms with Crippen molar-refractivity contribution in [3.8, 4) is 0 Å². The second kappa shape index (κ2) is 5.56. The number of carbonyl (C=O) groups is 1. The van der Waals surface area contributed by atoms with E-state index in [1.54, 1.807) is 25.7 Å². The molecule has 0 spiro atoms. The van der Waals surface area contributed by atoms with Crippen LogP contribution in [-0.2, 0) is 4.74 Å². The molecule has 0 aromatic rings. The second-order valence-electron chi connectivity index (χ2n) is 5.18. The van der Waals surface area contributed by atoms with Crippen molar-refractivity contribution < 1.29 is 28.2 Å². The van der Waals surface area contributed by atoms with Crippen LogP contribution >= 0.6 is 0 Å². The van der Waals surface area contributed by atoms with Gasteiger partial charge in [-0.3, -0.25) is 4.90 Å². The van der Waals surface area contributed by atoms with Crippen LogP contribution in [-0.4, -0.2) is 59.8 Å². The summed E-state index contributed by atoms with van der Waals surface area (Å²) in [5.74, 6) is 0. The highest BCUT2D eigenvalue weighted by Crippen LogP contribution is 2.23. The lowest BCUT2D eigenvalue weighted by molar-refractivity contribution is -0.200. The molecule has 1 rings (SSSR count). The lowest BCUT2D eigenvalue weighted by atomic mass is 10.1. The molecule has 1 fully saturated rings. The van der Waals surface area contributed by atoms with Crippen LogP contribution in [0.1, 0.15) is 33.2 Å². The fourth-order valence-corrected chi connectivity index (χ4v) is 1.36. The van der Waals surface area contributed by atoms with Gasteiger partial charge in [0.1, 0.15) is 0 Å². The number of nitrogens with zero attached hydrogens (tertiary/aromatic N) is 2. The Bertz CT molecular complexity index is 466. The van der Waals surface area contributed by atoms with Gasteiger partial charge in [-0.1, -0.05) is 0 Å². The molecule has 7 heteroatoms. The van der Waals surface area contributed by atoms with E-state index in [0.717, 1.165) is 0 Å². The van der Waals surface area contributed by atoms with Crippen molar-refractivity contribution >= 4 is 6.09 Å². The van der Waals surface area contributed by atoms with Gasteiger partial charge in [-0.05, 0) is 27.7 Å². The molecule has 1 saturated heterocycles. The maximum atomic E-state index is 12.6. The maximum absolute atomic E-state index is 12.6. The normalized spacial score (nSPS) is 31.5. The summed E-state index contributed by atoms with van der Waals surface area (Å²) >= 11 is 0. The van der Waals surface area contributed by atoms with Gasteiger partial charge < -0.3 is 9.64 Å². The molecular weight excluding hydrogens is 261 g/mol. The van der Waals surface area contributed by atoms with Crippen LogP contribution < -0.4 is 0 Å². The van der Waals surface area contributed by atoms with E-state index < -0.39 is 36.9 Å². The van der Waals surface area contributed by atoms with E-state index in [9.17, 15) is 18.0 Å². The summed E-state index contributed by atoms with van der Waals surface area (Å²) < 4.78 is 72.8. The molecule has 2 atom stereocenters. The number of alkyl halides is 3. The molecular formula is C12H21F3N2O2. The number of amides is 1. The van der Waals surface area contributed by atoms with Crippen molar-refractivity contribution in [1.29, 1.82) is 0 Å². The van der Waals surface area contributed by atoms with E-state index in [4.69, 9.17) is 5.48 Å². The molecule has 0 N–H and O–H groups in total. The van der Waals surface area contributed by atoms with Crippen LogP contribution in [0.3, 0.4) is 0 Å². The van der Waals surface area contributed by atoms with Gasteiger partial charge in [0, 0.05) is 31.6 Å². The van der Waals surface area contributed by atoms with Crippen molar-refractivity contribution in [1.82, 2.24) is 9.80 Å². The minimum atomic E-state index is -5.12. The van der Waals surface area contributed by atoms with Crippen LogP contribution in [0.2, 0.25) is 0 Å². The van der Waals surface area contributed by atoms with Gasteiger partial charge >= 0.3 is 12.3 Å². The molecule has 1 aliphatic heterocycles. The monoisotopic (exact) mass is 286 g/mol. The largest absolute Gasteiger partial charge is 0.437 e. The topological polar surface area (TPSA) is 32.8 Å². The van der Waals surface area contributed by atoms with E-state index in [1.165, 1.54) is 0 Å². The van der Waals surface area contributed by atoms with Gasteiger partial charge in [0.15, 0.2) is 6.08 Å². The molecule has 4 nitrogen and oxygen atoms in total. The zero-order chi connectivity index (χ0) is 18.4. The second-order valence-corrected chi connectivity index (χ2v) is 5.18. The average Bonchev–Trinajstić information content (AvgIpc) is 2.22. The Labute approximate surface area is 117 Å². The van der Waals surface area contributed by atoms with E-state index in [1.807, 2.05) is 0 Å². The fourth-order valence-electron chi connectivity index (χ4n) is 1.36. The van der Waals surface area contributed by atoms with Crippen LogP contribution in [0, 0.1) is 0 Å². The van der Waals surface area contributed by atoms with Gasteiger partial charge in [-0.15, -0.1) is 0 Å². The lowest BCUT2D eigenvalue weighted by Crippen LogP contribution is -2.55. The Morgan fingerprint density at radius 1 is 1.37 bits per heavy atom. The number of hydrogen-bond donors (Lipinski definition) is 0. The predicted molar refractivity (Wildman–Crippen MR) is 64.9 cm³/mol. The van der Waals surface area contributed by atoms with Crippen molar-refractivity contribution in [2.45, 2.75) is 45.5 Å². The highest BCUT2D eigenvalue weighted by molar-refractivity contribution is 5.68. The van der Waals surface area contributed by atoms with Crippen molar-refractivity contribution in [2.75, 3.05) is 26.1 Å². The molecule has 19 heavy (non-hydrogen) atoms. The Balaban J connectivity index is 2.98. The number of piperazine rings is 1. The predicted octanol–water partition coefficient (Wildman–Crippen LogP) is 2.49. The molecule has 0 radical (unpaired) electrons. The quantitative estimate of drug-likeness (QED) is 0.742. The molecule has 0 aromatic carbocycles. The summed E-state index contributed by atoms with van der Waals surface area (Å²) in [7, 11) is 0. The van der Waals surface area contributed by atoms with Crippen LogP contribution in [0.4, 0.5) is 18.0 Å². The first-order valence-corrected chi connectivity index (χ1v) is 5.75. The summed E-state index contributed by atoms with van der Waals surface area (Å²) in [6.45, 7) is 1.59. The summed E-state index contributed by atoms with van der Waals surface area (Å²) in [4.78, 5) is 13.9. The minimum Gasteiger partial charge on any atom is -0.437 e. The summed E-state index contributed by atoms with van der Waals surface area (Å²) in [5.41, 5.74) is -0.474. The van der Waals surface area contributed by atoms with E-state index in [2.05, 4.69) is 4.74 Å². The van der Waals surface area contributed by atoms with Crippen LogP contribution in [0.25, 0.3) is 0 Å². The molecule has 0 bridgehead atoms. The highest BCUT2D eigenvalue weighted by Gasteiger charge is 2.40. The number of ether oxygens (including phenoxy) is 1. The third-order valence-corrected chi connectivity index (χ3v) is 2.70. The zero-order valence-electron chi connectivity index (χ0n) is 15.3. The minimum absolute atomic E-state index is 0.0428. The first-order chi connectivity index (χ1) is 9.99. The fraction of sp³-hybridized carbons (Fsp3) is 0.917. The molecule has 2 unspecified atom stereocenters. The van der Waals surface area contributed by atoms with Crippen molar-refractivity contribution in [3.05, 3.63) is 0 Å². The molecule has 0 aromatic heterocycles. The average molecular weight is 286 g/mol. The van der Waals surface area contributed by atoms with Gasteiger partial charge in [0.2, 0.25) is 0 Å². The van der Waals surface area contributed by atoms with Gasteiger partial charge in [0.05, 0.1) is 5.48 Å². The van der Waals surface area contributed by atoms with Crippen LogP contribution in [0.5, 0.6) is 0 Å². The maximum Gasteiger partial charge on any atom is 0.425 e. The Kier molecular flexibility index (Phi) is 3.15. The standard InChI is InChI=1S/C12H21F3N2O2/c1-9(12(13,14)15)19-10(18)16-5-7-17(8-6-16)11(2,3)4/h9H,5-8H2,1-4H3/i5D,6D2,9D. The summed E-state index contributed by atoms with van der Waals surface area (Å²) in [6, 6.07) is 0. The van der Waals surface area contributed by atoms with Gasteiger partial charge in [0.25, 0.3) is 0 Å². The van der Waals surface area contributed by atoms with Crippen molar-refractivity contribution in [2.24, 2.45) is 0 Å². The van der Waals surface area contributed by atoms with E-state index in [-0.39, 0.29) is 13.1 Å². The van der Waals surface area contributed by atoms with E-state index >= 15 is 0 Å². The van der Waals surface area contributed by atoms with Gasteiger partial charge in [-0.2, -0.15) is 13.2 Å². The Morgan fingerprint density at radius 3 is 2.37 bits per heavy atom. The molecule has 1 heterocycles. The van der Waals surface area contributed by atoms with Crippen molar-refractivity contribution in [3.63, 3.8) is 0 Å². The molecule has 1 aliphatic rings. The van der Waals surface area contributed by atoms with E-state index in [0.29, 0.717) is 11.8 Å². The third kappa shape index (κ3) is 4.56. The summed E-state index contributed by atoms with van der Waals surface area (Å²) in [6.07, 6.45) is -10.3. The molecule has 0 saturated carbocycles. The number of carbonyl (C=O) groups excluding carboxylic acids is 1. The SMILES string of the molecule is [2H]C1CN(C(C)(C)C)CC([2H])([2H])N1C(=O)OC([2H])(C)C(F)(F)F. The first-order valence-electron chi connectivity index (χ1n) is 7.83. The molecule has 0 aliphatic carbocycles. The van der Waals surface area contributed by atoms with Crippen LogP contribution in [0.15, 0.2) is 0 Å².